The highest BCUT2D eigenvalue weighted by Gasteiger charge is 2.13. The monoisotopic (exact) mass is 319 g/mol. The van der Waals surface area contributed by atoms with Crippen LogP contribution in [0.25, 0.3) is 0 Å². The maximum absolute atomic E-state index is 12.3. The van der Waals surface area contributed by atoms with Gasteiger partial charge in [-0.2, -0.15) is 0 Å². The van der Waals surface area contributed by atoms with E-state index in [0.717, 1.165) is 19.0 Å². The van der Waals surface area contributed by atoms with Crippen molar-refractivity contribution in [3.8, 4) is 0 Å². The minimum atomic E-state index is -0.0673. The van der Waals surface area contributed by atoms with Crippen molar-refractivity contribution in [2.24, 2.45) is 7.05 Å². The van der Waals surface area contributed by atoms with Crippen molar-refractivity contribution in [2.45, 2.75) is 20.5 Å². The van der Waals surface area contributed by atoms with Gasteiger partial charge in [0, 0.05) is 38.6 Å². The van der Waals surface area contributed by atoms with Crippen LogP contribution < -0.4 is 0 Å². The largest absolute Gasteiger partial charge is 0.400 e. The van der Waals surface area contributed by atoms with E-state index in [1.165, 1.54) is 0 Å². The Balaban J connectivity index is 0.00000112. The smallest absolute Gasteiger partial charge is 0.209 e. The number of aromatic nitrogens is 1. The first kappa shape index (κ1) is 20.8. The van der Waals surface area contributed by atoms with Gasteiger partial charge in [0.1, 0.15) is 6.29 Å². The van der Waals surface area contributed by atoms with E-state index in [4.69, 9.17) is 9.84 Å². The third-order valence-electron chi connectivity index (χ3n) is 3.01. The Morgan fingerprint density at radius 1 is 1.26 bits per heavy atom. The number of aliphatic hydroxyl groups excluding tert-OH is 1. The van der Waals surface area contributed by atoms with Crippen LogP contribution in [0.15, 0.2) is 36.5 Å². The number of ketones is 1. The molecule has 126 valence electrons. The zero-order valence-corrected chi connectivity index (χ0v) is 14.4. The number of methoxy groups -OCH3 is 1. The fourth-order valence-corrected chi connectivity index (χ4v) is 1.99. The van der Waals surface area contributed by atoms with Gasteiger partial charge in [-0.15, -0.1) is 0 Å². The van der Waals surface area contributed by atoms with Crippen molar-refractivity contribution < 1.29 is 19.4 Å². The third kappa shape index (κ3) is 5.47. The summed E-state index contributed by atoms with van der Waals surface area (Å²) in [5.74, 6) is -0.0673. The highest BCUT2D eigenvalue weighted by molar-refractivity contribution is 6.08. The van der Waals surface area contributed by atoms with Gasteiger partial charge in [-0.1, -0.05) is 26.0 Å². The lowest BCUT2D eigenvalue weighted by atomic mass is 10.0. The van der Waals surface area contributed by atoms with Gasteiger partial charge in [-0.25, -0.2) is 0 Å². The molecule has 0 amide bonds. The number of aryl methyl sites for hydroxylation is 1. The summed E-state index contributed by atoms with van der Waals surface area (Å²) in [5, 5.41) is 7.00. The van der Waals surface area contributed by atoms with E-state index in [1.54, 1.807) is 35.9 Å². The Hall–Kier alpha value is -2.24. The number of hydrogen-bond acceptors (Lipinski definition) is 4. The van der Waals surface area contributed by atoms with Gasteiger partial charge < -0.3 is 14.4 Å². The molecule has 0 spiro atoms. The Bertz CT molecular complexity index is 617. The lowest BCUT2D eigenvalue weighted by Gasteiger charge is -2.07. The number of carbonyl (C=O) groups is 2. The molecule has 0 fully saturated rings. The first-order valence-electron chi connectivity index (χ1n) is 7.35. The van der Waals surface area contributed by atoms with Crippen LogP contribution in [0.4, 0.5) is 0 Å². The van der Waals surface area contributed by atoms with E-state index in [-0.39, 0.29) is 5.78 Å². The molecule has 1 heterocycles. The van der Waals surface area contributed by atoms with Gasteiger partial charge in [0.25, 0.3) is 0 Å². The van der Waals surface area contributed by atoms with Crippen molar-refractivity contribution in [2.75, 3.05) is 14.2 Å². The molecular weight excluding hydrogens is 294 g/mol. The van der Waals surface area contributed by atoms with E-state index < -0.39 is 0 Å². The predicted molar refractivity (Wildman–Crippen MR) is 90.9 cm³/mol. The lowest BCUT2D eigenvalue weighted by molar-refractivity contribution is 0.102. The number of carbonyl (C=O) groups excluding carboxylic acids is 2. The second-order valence-electron chi connectivity index (χ2n) is 4.30. The number of nitrogens with zero attached hydrogens (tertiary/aromatic N) is 1. The fraction of sp³-hybridized carbons (Fsp3) is 0.333. The minimum Gasteiger partial charge on any atom is -0.400 e. The average molecular weight is 319 g/mol. The molecule has 23 heavy (non-hydrogen) atoms. The molecule has 0 aliphatic rings. The molecule has 2 rings (SSSR count). The molecule has 0 radical (unpaired) electrons. The van der Waals surface area contributed by atoms with E-state index in [2.05, 4.69) is 0 Å². The van der Waals surface area contributed by atoms with E-state index in [0.29, 0.717) is 23.4 Å². The predicted octanol–water partition coefficient (Wildman–Crippen LogP) is 2.85. The highest BCUT2D eigenvalue weighted by atomic mass is 16.5. The third-order valence-corrected chi connectivity index (χ3v) is 3.01. The molecule has 1 N–H and O–H groups in total. The van der Waals surface area contributed by atoms with Crippen molar-refractivity contribution in [3.63, 3.8) is 0 Å². The molecule has 1 aromatic carbocycles. The quantitative estimate of drug-likeness (QED) is 0.679. The summed E-state index contributed by atoms with van der Waals surface area (Å²) in [6.07, 6.45) is 2.59. The standard InChI is InChI=1S/C15H15NO3.C2H6.CH4O/c1-16-7-3-4-14(16)15(18)11-5-6-12(9-17)13(8-11)10-19-2;2*1-2/h3-9H,10H2,1-2H3;1-2H3;2H,1H3. The zero-order chi connectivity index (χ0) is 17.8. The summed E-state index contributed by atoms with van der Waals surface area (Å²) in [4.78, 5) is 23.3. The van der Waals surface area contributed by atoms with E-state index in [9.17, 15) is 9.59 Å². The Morgan fingerprint density at radius 2 is 1.91 bits per heavy atom. The van der Waals surface area contributed by atoms with Gasteiger partial charge in [-0.05, 0) is 23.8 Å². The van der Waals surface area contributed by atoms with Gasteiger partial charge in [0.2, 0.25) is 5.78 Å². The number of ether oxygens (including phenoxy) is 1. The summed E-state index contributed by atoms with van der Waals surface area (Å²) < 4.78 is 6.81. The summed E-state index contributed by atoms with van der Waals surface area (Å²) in [7, 11) is 4.38. The second-order valence-corrected chi connectivity index (χ2v) is 4.30. The van der Waals surface area contributed by atoms with Crippen LogP contribution in [-0.4, -0.2) is 36.0 Å². The molecule has 0 saturated carbocycles. The van der Waals surface area contributed by atoms with Crippen molar-refractivity contribution in [3.05, 3.63) is 58.9 Å². The first-order valence-corrected chi connectivity index (χ1v) is 7.35. The number of benzene rings is 1. The van der Waals surface area contributed by atoms with Crippen LogP contribution in [0, 0.1) is 0 Å². The van der Waals surface area contributed by atoms with Gasteiger partial charge in [0.15, 0.2) is 0 Å². The van der Waals surface area contributed by atoms with Crippen LogP contribution in [0.5, 0.6) is 0 Å². The SMILES string of the molecule is CC.CO.COCc1cc(C(=O)c2cccn2C)ccc1C=O. The van der Waals surface area contributed by atoms with Gasteiger partial charge >= 0.3 is 0 Å². The lowest BCUT2D eigenvalue weighted by Crippen LogP contribution is -2.08. The molecule has 0 bridgehead atoms. The van der Waals surface area contributed by atoms with Gasteiger partial charge in [-0.3, -0.25) is 9.59 Å². The topological polar surface area (TPSA) is 68.5 Å². The zero-order valence-electron chi connectivity index (χ0n) is 14.4. The molecule has 0 unspecified atom stereocenters. The van der Waals surface area contributed by atoms with Crippen molar-refractivity contribution in [1.82, 2.24) is 4.57 Å². The number of rotatable bonds is 5. The first-order chi connectivity index (χ1) is 11.2. The Kier molecular flexibility index (Phi) is 10.2. The van der Waals surface area contributed by atoms with Crippen LogP contribution in [0.2, 0.25) is 0 Å². The molecule has 2 aromatic rings. The molecule has 0 aliphatic carbocycles. The van der Waals surface area contributed by atoms with Crippen molar-refractivity contribution in [1.29, 1.82) is 0 Å². The van der Waals surface area contributed by atoms with E-state index >= 15 is 0 Å². The molecule has 0 atom stereocenters. The normalized spacial score (nSPS) is 9.13. The average Bonchev–Trinajstić information content (AvgIpc) is 3.04. The van der Waals surface area contributed by atoms with Crippen LogP contribution in [0.1, 0.15) is 45.8 Å². The number of aliphatic hydroxyl groups is 1. The highest BCUT2D eigenvalue weighted by Crippen LogP contribution is 2.15. The number of hydrogen-bond donors (Lipinski definition) is 1. The van der Waals surface area contributed by atoms with Crippen LogP contribution in [0.3, 0.4) is 0 Å². The summed E-state index contributed by atoms with van der Waals surface area (Å²) in [6, 6.07) is 8.62. The molecule has 5 nitrogen and oxygen atoms in total. The molecule has 0 saturated heterocycles. The molecule has 0 aliphatic heterocycles. The Labute approximate surface area is 137 Å². The van der Waals surface area contributed by atoms with Crippen LogP contribution in [-0.2, 0) is 18.4 Å². The summed E-state index contributed by atoms with van der Waals surface area (Å²) >= 11 is 0. The fourth-order valence-electron chi connectivity index (χ4n) is 1.99. The maximum Gasteiger partial charge on any atom is 0.209 e. The summed E-state index contributed by atoms with van der Waals surface area (Å²) in [6.45, 7) is 4.31. The Morgan fingerprint density at radius 3 is 2.39 bits per heavy atom. The number of aldehydes is 1. The minimum absolute atomic E-state index is 0.0673. The van der Waals surface area contributed by atoms with E-state index in [1.807, 2.05) is 33.2 Å². The maximum atomic E-state index is 12.3. The summed E-state index contributed by atoms with van der Waals surface area (Å²) in [5.41, 5.74) is 2.43. The van der Waals surface area contributed by atoms with Gasteiger partial charge in [0.05, 0.1) is 12.3 Å². The molecule has 5 heteroatoms. The van der Waals surface area contributed by atoms with Crippen molar-refractivity contribution >= 4 is 12.1 Å². The molecule has 1 aromatic heterocycles. The molecular formula is C18H25NO4. The second kappa shape index (κ2) is 11.3. The van der Waals surface area contributed by atoms with Crippen LogP contribution >= 0.6 is 0 Å².